The van der Waals surface area contributed by atoms with Crippen molar-refractivity contribution in [2.75, 3.05) is 11.5 Å². The topological polar surface area (TPSA) is 58.6 Å². The van der Waals surface area contributed by atoms with Crippen molar-refractivity contribution in [1.29, 1.82) is 0 Å². The number of hydrogen-bond acceptors (Lipinski definition) is 4. The molecule has 0 aliphatic carbocycles. The van der Waals surface area contributed by atoms with Crippen LogP contribution in [0.25, 0.3) is 6.08 Å². The maximum Gasteiger partial charge on any atom is 0.270 e. The van der Waals surface area contributed by atoms with Crippen LogP contribution in [0.15, 0.2) is 54.1 Å². The summed E-state index contributed by atoms with van der Waals surface area (Å²) >= 11 is 11.1. The van der Waals surface area contributed by atoms with E-state index in [4.69, 9.17) is 28.6 Å². The van der Waals surface area contributed by atoms with Crippen LogP contribution in [0, 0.1) is 5.92 Å². The average Bonchev–Trinajstić information content (AvgIpc) is 2.66. The second-order valence-corrected chi connectivity index (χ2v) is 7.53. The van der Waals surface area contributed by atoms with Crippen molar-refractivity contribution >= 4 is 52.5 Å². The molecule has 3 rings (SSSR count). The van der Waals surface area contributed by atoms with Gasteiger partial charge in [0.2, 0.25) is 0 Å². The number of halogens is 1. The first-order chi connectivity index (χ1) is 13.3. The zero-order valence-corrected chi connectivity index (χ0v) is 17.0. The highest BCUT2D eigenvalue weighted by atomic mass is 35.5. The molecule has 1 saturated heterocycles. The van der Waals surface area contributed by atoms with E-state index in [2.05, 4.69) is 19.2 Å². The number of nitrogens with zero attached hydrogens (tertiary/aromatic N) is 1. The van der Waals surface area contributed by atoms with E-state index < -0.39 is 11.8 Å². The number of thiocarbonyl (C=S) groups is 1. The van der Waals surface area contributed by atoms with Gasteiger partial charge in [0.1, 0.15) is 11.3 Å². The molecule has 1 aliphatic heterocycles. The third-order valence-corrected chi connectivity index (χ3v) is 4.50. The molecular formula is C21H19ClN2O3S. The number of hydrogen-bond donors (Lipinski definition) is 1. The van der Waals surface area contributed by atoms with Crippen LogP contribution >= 0.6 is 23.8 Å². The van der Waals surface area contributed by atoms with Gasteiger partial charge in [0.15, 0.2) is 5.11 Å². The highest BCUT2D eigenvalue weighted by molar-refractivity contribution is 7.80. The number of carbonyl (C=O) groups is 2. The van der Waals surface area contributed by atoms with Crippen molar-refractivity contribution in [2.45, 2.75) is 13.8 Å². The standard InChI is InChI=1S/C21H19ClN2O3S/c1-13(2)12-27-17-9-3-14(4-10-17)11-18-19(25)23-21(28)24(20(18)26)16-7-5-15(22)6-8-16/h3-11,13H,12H2,1-2H3,(H,23,25,28)/b18-11-. The molecule has 1 fully saturated rings. The predicted molar refractivity (Wildman–Crippen MR) is 114 cm³/mol. The minimum Gasteiger partial charge on any atom is -0.493 e. The Kier molecular flexibility index (Phi) is 6.11. The Labute approximate surface area is 173 Å². The predicted octanol–water partition coefficient (Wildman–Crippen LogP) is 4.21. The lowest BCUT2D eigenvalue weighted by molar-refractivity contribution is -0.122. The van der Waals surface area contributed by atoms with E-state index in [1.54, 1.807) is 36.4 Å². The summed E-state index contributed by atoms with van der Waals surface area (Å²) in [5.41, 5.74) is 1.24. The number of rotatable bonds is 5. The third-order valence-electron chi connectivity index (χ3n) is 3.96. The van der Waals surface area contributed by atoms with Gasteiger partial charge in [-0.3, -0.25) is 19.8 Å². The van der Waals surface area contributed by atoms with Crippen LogP contribution in [0.2, 0.25) is 5.02 Å². The van der Waals surface area contributed by atoms with Crippen LogP contribution in [0.3, 0.4) is 0 Å². The van der Waals surface area contributed by atoms with E-state index in [-0.39, 0.29) is 10.7 Å². The van der Waals surface area contributed by atoms with Gasteiger partial charge in [0.05, 0.1) is 12.3 Å². The summed E-state index contributed by atoms with van der Waals surface area (Å²) in [7, 11) is 0. The minimum absolute atomic E-state index is 0.000557. The zero-order valence-electron chi connectivity index (χ0n) is 15.4. The van der Waals surface area contributed by atoms with Gasteiger partial charge in [-0.05, 0) is 66.2 Å². The van der Waals surface area contributed by atoms with Gasteiger partial charge in [-0.1, -0.05) is 37.6 Å². The maximum atomic E-state index is 12.9. The van der Waals surface area contributed by atoms with E-state index >= 15 is 0 Å². The van der Waals surface area contributed by atoms with E-state index in [9.17, 15) is 9.59 Å². The Bertz CT molecular complexity index is 937. The number of benzene rings is 2. The lowest BCUT2D eigenvalue weighted by atomic mass is 10.1. The summed E-state index contributed by atoms with van der Waals surface area (Å²) in [6.45, 7) is 4.76. The molecule has 0 saturated carbocycles. The first-order valence-electron chi connectivity index (χ1n) is 8.75. The highest BCUT2D eigenvalue weighted by Crippen LogP contribution is 2.24. The monoisotopic (exact) mass is 414 g/mol. The van der Waals surface area contributed by atoms with Crippen molar-refractivity contribution in [3.8, 4) is 5.75 Å². The van der Waals surface area contributed by atoms with Gasteiger partial charge in [0.25, 0.3) is 11.8 Å². The van der Waals surface area contributed by atoms with Gasteiger partial charge in [-0.25, -0.2) is 0 Å². The van der Waals surface area contributed by atoms with Crippen LogP contribution in [0.1, 0.15) is 19.4 Å². The van der Waals surface area contributed by atoms with Crippen molar-refractivity contribution in [2.24, 2.45) is 5.92 Å². The van der Waals surface area contributed by atoms with Gasteiger partial charge in [-0.2, -0.15) is 0 Å². The van der Waals surface area contributed by atoms with Crippen LogP contribution in [0.5, 0.6) is 5.75 Å². The molecule has 1 heterocycles. The van der Waals surface area contributed by atoms with Crippen LogP contribution < -0.4 is 15.0 Å². The van der Waals surface area contributed by atoms with Gasteiger partial charge in [-0.15, -0.1) is 0 Å². The summed E-state index contributed by atoms with van der Waals surface area (Å²) in [6, 6.07) is 13.9. The fraction of sp³-hybridized carbons (Fsp3) is 0.190. The maximum absolute atomic E-state index is 12.9. The highest BCUT2D eigenvalue weighted by Gasteiger charge is 2.34. The van der Waals surface area contributed by atoms with E-state index in [1.165, 1.54) is 11.0 Å². The largest absolute Gasteiger partial charge is 0.493 e. The smallest absolute Gasteiger partial charge is 0.270 e. The Balaban J connectivity index is 1.85. The average molecular weight is 415 g/mol. The second-order valence-electron chi connectivity index (χ2n) is 6.71. The van der Waals surface area contributed by atoms with Crippen LogP contribution in [-0.4, -0.2) is 23.5 Å². The molecule has 2 aromatic carbocycles. The molecule has 0 aromatic heterocycles. The van der Waals surface area contributed by atoms with Crippen LogP contribution in [-0.2, 0) is 9.59 Å². The van der Waals surface area contributed by atoms with Gasteiger partial charge in [0, 0.05) is 5.02 Å². The molecule has 1 N–H and O–H groups in total. The summed E-state index contributed by atoms with van der Waals surface area (Å²) in [5.74, 6) is 0.142. The number of nitrogens with one attached hydrogen (secondary N) is 1. The molecule has 2 amide bonds. The molecule has 144 valence electrons. The molecule has 0 radical (unpaired) electrons. The zero-order chi connectivity index (χ0) is 20.3. The third kappa shape index (κ3) is 4.58. The first-order valence-corrected chi connectivity index (χ1v) is 9.53. The minimum atomic E-state index is -0.527. The lowest BCUT2D eigenvalue weighted by Gasteiger charge is -2.28. The SMILES string of the molecule is CC(C)COc1ccc(/C=C2/C(=O)NC(=S)N(c3ccc(Cl)cc3)C2=O)cc1. The van der Waals surface area contributed by atoms with Crippen molar-refractivity contribution in [1.82, 2.24) is 5.32 Å². The Morgan fingerprint density at radius 1 is 1.11 bits per heavy atom. The molecule has 0 spiro atoms. The molecule has 5 nitrogen and oxygen atoms in total. The number of amides is 2. The molecule has 1 aliphatic rings. The van der Waals surface area contributed by atoms with Gasteiger partial charge < -0.3 is 4.74 Å². The quantitative estimate of drug-likeness (QED) is 0.452. The number of ether oxygens (including phenoxy) is 1. The normalized spacial score (nSPS) is 15.9. The molecule has 0 unspecified atom stereocenters. The van der Waals surface area contributed by atoms with E-state index in [0.717, 1.165) is 5.75 Å². The van der Waals surface area contributed by atoms with Crippen molar-refractivity contribution < 1.29 is 14.3 Å². The number of anilines is 1. The molecule has 0 bridgehead atoms. The fourth-order valence-electron chi connectivity index (χ4n) is 2.57. The van der Waals surface area contributed by atoms with Crippen molar-refractivity contribution in [3.63, 3.8) is 0 Å². The Morgan fingerprint density at radius 3 is 2.36 bits per heavy atom. The molecular weight excluding hydrogens is 396 g/mol. The van der Waals surface area contributed by atoms with Crippen molar-refractivity contribution in [3.05, 3.63) is 64.7 Å². The number of carbonyl (C=O) groups excluding carboxylic acids is 2. The Morgan fingerprint density at radius 2 is 1.75 bits per heavy atom. The van der Waals surface area contributed by atoms with E-state index in [0.29, 0.717) is 28.8 Å². The van der Waals surface area contributed by atoms with Gasteiger partial charge >= 0.3 is 0 Å². The summed E-state index contributed by atoms with van der Waals surface area (Å²) < 4.78 is 5.65. The molecule has 0 atom stereocenters. The molecule has 28 heavy (non-hydrogen) atoms. The molecule has 2 aromatic rings. The first kappa shape index (κ1) is 20.0. The molecule has 7 heteroatoms. The van der Waals surface area contributed by atoms with E-state index in [1.807, 2.05) is 12.1 Å². The summed E-state index contributed by atoms with van der Waals surface area (Å²) in [5, 5.41) is 3.13. The fourth-order valence-corrected chi connectivity index (χ4v) is 2.98. The second kappa shape index (κ2) is 8.54. The lowest BCUT2D eigenvalue weighted by Crippen LogP contribution is -2.54. The summed E-state index contributed by atoms with van der Waals surface area (Å²) in [4.78, 5) is 26.5. The summed E-state index contributed by atoms with van der Waals surface area (Å²) in [6.07, 6.45) is 1.54. The van der Waals surface area contributed by atoms with Crippen LogP contribution in [0.4, 0.5) is 5.69 Å². The Hall–Kier alpha value is -2.70.